The molecule has 0 saturated carbocycles. The fourth-order valence-corrected chi connectivity index (χ4v) is 1.46. The van der Waals surface area contributed by atoms with Crippen LogP contribution in [-0.4, -0.2) is 17.6 Å². The van der Waals surface area contributed by atoms with Crippen molar-refractivity contribution in [1.29, 1.82) is 0 Å². The maximum atomic E-state index is 13.3. The number of halogens is 3. The van der Waals surface area contributed by atoms with E-state index in [2.05, 4.69) is 10.5 Å². The summed E-state index contributed by atoms with van der Waals surface area (Å²) in [7, 11) is 0. The summed E-state index contributed by atoms with van der Waals surface area (Å²) in [4.78, 5) is 0. The second-order valence-electron chi connectivity index (χ2n) is 4.80. The summed E-state index contributed by atoms with van der Waals surface area (Å²) in [6.07, 6.45) is 0.389. The normalized spacial score (nSPS) is 12.6. The highest BCUT2D eigenvalue weighted by Crippen LogP contribution is 2.23. The number of hydrogen-bond acceptors (Lipinski definition) is 3. The van der Waals surface area contributed by atoms with E-state index in [-0.39, 0.29) is 18.1 Å². The summed E-state index contributed by atoms with van der Waals surface area (Å²) in [5, 5.41) is 14.1. The van der Waals surface area contributed by atoms with E-state index in [0.29, 0.717) is 12.5 Å². The van der Waals surface area contributed by atoms with Crippen LogP contribution in [0.5, 0.6) is 0 Å². The number of oxime groups is 1. The summed E-state index contributed by atoms with van der Waals surface area (Å²) in [5.41, 5.74) is 4.61. The predicted octanol–water partition coefficient (Wildman–Crippen LogP) is 2.68. The van der Waals surface area contributed by atoms with E-state index in [1.165, 1.54) is 0 Å². The summed E-state index contributed by atoms with van der Waals surface area (Å²) in [5.74, 6) is -3.22. The van der Waals surface area contributed by atoms with E-state index in [9.17, 15) is 13.2 Å². The fourth-order valence-electron chi connectivity index (χ4n) is 1.46. The number of hydrogen-bond donors (Lipinski definition) is 3. The van der Waals surface area contributed by atoms with E-state index in [1.54, 1.807) is 13.8 Å². The van der Waals surface area contributed by atoms with Gasteiger partial charge in [0, 0.05) is 24.1 Å². The quantitative estimate of drug-likeness (QED) is 0.254. The third kappa shape index (κ3) is 3.77. The Balaban J connectivity index is 2.69. The molecule has 4 nitrogen and oxygen atoms in total. The molecule has 0 atom stereocenters. The Hall–Kier alpha value is -1.92. The summed E-state index contributed by atoms with van der Waals surface area (Å²) in [6, 6.07) is 1.34. The second kappa shape index (κ2) is 5.81. The van der Waals surface area contributed by atoms with E-state index in [0.717, 1.165) is 6.07 Å². The van der Waals surface area contributed by atoms with Gasteiger partial charge >= 0.3 is 0 Å². The van der Waals surface area contributed by atoms with Gasteiger partial charge in [-0.2, -0.15) is 0 Å². The van der Waals surface area contributed by atoms with Gasteiger partial charge in [0.2, 0.25) is 0 Å². The largest absolute Gasteiger partial charge is 0.409 e. The monoisotopic (exact) mass is 275 g/mol. The van der Waals surface area contributed by atoms with Gasteiger partial charge < -0.3 is 16.3 Å². The number of anilines is 1. The zero-order valence-electron chi connectivity index (χ0n) is 10.7. The molecule has 106 valence electrons. The number of nitrogens with one attached hydrogen (secondary N) is 1. The Morgan fingerprint density at radius 1 is 1.37 bits per heavy atom. The third-order valence-corrected chi connectivity index (χ3v) is 2.86. The van der Waals surface area contributed by atoms with E-state index in [4.69, 9.17) is 10.9 Å². The van der Waals surface area contributed by atoms with Gasteiger partial charge in [0.05, 0.1) is 5.69 Å². The lowest BCUT2D eigenvalue weighted by molar-refractivity contribution is 0.306. The molecule has 0 saturated heterocycles. The first-order valence-electron chi connectivity index (χ1n) is 5.64. The molecule has 0 aliphatic rings. The van der Waals surface area contributed by atoms with Crippen molar-refractivity contribution < 1.29 is 18.4 Å². The van der Waals surface area contributed by atoms with Crippen LogP contribution >= 0.6 is 0 Å². The molecule has 0 radical (unpaired) electrons. The number of nitrogens with two attached hydrogens (primary N) is 1. The van der Waals surface area contributed by atoms with E-state index >= 15 is 0 Å². The summed E-state index contributed by atoms with van der Waals surface area (Å²) in [6.45, 7) is 3.67. The van der Waals surface area contributed by atoms with Gasteiger partial charge in [-0.05, 0) is 6.42 Å². The van der Waals surface area contributed by atoms with Gasteiger partial charge in [-0.15, -0.1) is 0 Å². The van der Waals surface area contributed by atoms with Crippen molar-refractivity contribution in [2.75, 3.05) is 11.9 Å². The fraction of sp³-hybridized carbons (Fsp3) is 0.417. The average Bonchev–Trinajstić information content (AvgIpc) is 2.33. The van der Waals surface area contributed by atoms with Gasteiger partial charge in [0.1, 0.15) is 11.7 Å². The first-order valence-corrected chi connectivity index (χ1v) is 5.64. The summed E-state index contributed by atoms with van der Waals surface area (Å²) < 4.78 is 39.2. The third-order valence-electron chi connectivity index (χ3n) is 2.86. The smallest absolute Gasteiger partial charge is 0.182 e. The Bertz CT molecular complexity index is 489. The van der Waals surface area contributed by atoms with Crippen LogP contribution in [0.2, 0.25) is 0 Å². The molecule has 1 rings (SSSR count). The van der Waals surface area contributed by atoms with Crippen molar-refractivity contribution in [3.63, 3.8) is 0 Å². The highest BCUT2D eigenvalue weighted by molar-refractivity contribution is 5.85. The van der Waals surface area contributed by atoms with Crippen LogP contribution in [0.4, 0.5) is 18.9 Å². The number of nitrogens with zero attached hydrogens (tertiary/aromatic N) is 1. The molecule has 1 aromatic rings. The van der Waals surface area contributed by atoms with Crippen LogP contribution in [0.25, 0.3) is 0 Å². The highest BCUT2D eigenvalue weighted by Gasteiger charge is 2.23. The first-order chi connectivity index (χ1) is 8.77. The lowest BCUT2D eigenvalue weighted by Crippen LogP contribution is -2.33. The first kappa shape index (κ1) is 15.1. The molecule has 0 aliphatic heterocycles. The minimum Gasteiger partial charge on any atom is -0.409 e. The minimum absolute atomic E-state index is 0.0280. The molecule has 0 aliphatic carbocycles. The van der Waals surface area contributed by atoms with Crippen LogP contribution < -0.4 is 11.1 Å². The molecule has 0 bridgehead atoms. The van der Waals surface area contributed by atoms with Crippen LogP contribution in [0, 0.1) is 22.9 Å². The maximum absolute atomic E-state index is 13.3. The highest BCUT2D eigenvalue weighted by atomic mass is 19.2. The van der Waals surface area contributed by atoms with Crippen molar-refractivity contribution in [2.24, 2.45) is 16.3 Å². The molecular formula is C12H16F3N3O. The van der Waals surface area contributed by atoms with Crippen LogP contribution in [0.3, 0.4) is 0 Å². The maximum Gasteiger partial charge on any atom is 0.182 e. The van der Waals surface area contributed by atoms with Crippen molar-refractivity contribution in [3.8, 4) is 0 Å². The average molecular weight is 275 g/mol. The van der Waals surface area contributed by atoms with Crippen LogP contribution in [-0.2, 0) is 0 Å². The molecule has 4 N–H and O–H groups in total. The van der Waals surface area contributed by atoms with Gasteiger partial charge in [0.15, 0.2) is 11.6 Å². The Labute approximate surface area is 109 Å². The number of rotatable bonds is 5. The van der Waals surface area contributed by atoms with E-state index < -0.39 is 22.9 Å². The SMILES string of the molecule is CC(C)(CCNc1cc(F)cc(F)c1F)C(N)=NO. The van der Waals surface area contributed by atoms with Crippen molar-refractivity contribution in [1.82, 2.24) is 0 Å². The van der Waals surface area contributed by atoms with Crippen LogP contribution in [0.1, 0.15) is 20.3 Å². The molecule has 19 heavy (non-hydrogen) atoms. The van der Waals surface area contributed by atoms with Gasteiger partial charge in [-0.25, -0.2) is 13.2 Å². The Kier molecular flexibility index (Phi) is 4.63. The standard InChI is InChI=1S/C12H16F3N3O/c1-12(2,11(16)18-19)3-4-17-9-6-7(13)5-8(14)10(9)15/h5-6,17,19H,3-4H2,1-2H3,(H2,16,18). The molecular weight excluding hydrogens is 259 g/mol. The minimum atomic E-state index is -1.25. The Morgan fingerprint density at radius 3 is 2.58 bits per heavy atom. The summed E-state index contributed by atoms with van der Waals surface area (Å²) >= 11 is 0. The molecule has 0 fully saturated rings. The van der Waals surface area contributed by atoms with Gasteiger partial charge in [-0.1, -0.05) is 19.0 Å². The topological polar surface area (TPSA) is 70.6 Å². The van der Waals surface area contributed by atoms with Crippen LogP contribution in [0.15, 0.2) is 17.3 Å². The second-order valence-corrected chi connectivity index (χ2v) is 4.80. The molecule has 0 spiro atoms. The lowest BCUT2D eigenvalue weighted by Gasteiger charge is -2.23. The zero-order chi connectivity index (χ0) is 14.6. The molecule has 0 amide bonds. The zero-order valence-corrected chi connectivity index (χ0v) is 10.7. The number of benzene rings is 1. The van der Waals surface area contributed by atoms with Crippen molar-refractivity contribution >= 4 is 11.5 Å². The van der Waals surface area contributed by atoms with Gasteiger partial charge in [-0.3, -0.25) is 0 Å². The van der Waals surface area contributed by atoms with E-state index in [1.807, 2.05) is 0 Å². The predicted molar refractivity (Wildman–Crippen MR) is 66.6 cm³/mol. The molecule has 7 heteroatoms. The van der Waals surface area contributed by atoms with Crippen molar-refractivity contribution in [3.05, 3.63) is 29.6 Å². The molecule has 1 aromatic carbocycles. The molecule has 0 aromatic heterocycles. The molecule has 0 heterocycles. The van der Waals surface area contributed by atoms with Crippen molar-refractivity contribution in [2.45, 2.75) is 20.3 Å². The Morgan fingerprint density at radius 2 is 2.00 bits per heavy atom. The molecule has 0 unspecified atom stereocenters. The lowest BCUT2D eigenvalue weighted by atomic mass is 9.88. The number of amidine groups is 1. The van der Waals surface area contributed by atoms with Gasteiger partial charge in [0.25, 0.3) is 0 Å².